The Kier molecular flexibility index (Phi) is 1.30. The van der Waals surface area contributed by atoms with Gasteiger partial charge in [-0.25, -0.2) is 4.98 Å². The number of hydrogen-bond donors (Lipinski definition) is 2. The topological polar surface area (TPSA) is 84.7 Å². The zero-order chi connectivity index (χ0) is 8.55. The molecule has 0 saturated carbocycles. The lowest BCUT2D eigenvalue weighted by atomic mass is 10.2. The Bertz CT molecular complexity index is 434. The fraction of sp³-hybridized carbons (Fsp3) is 0. The van der Waals surface area contributed by atoms with Crippen molar-refractivity contribution in [3.63, 3.8) is 0 Å². The first-order valence-electron chi connectivity index (χ1n) is 3.36. The van der Waals surface area contributed by atoms with Gasteiger partial charge in [-0.3, -0.25) is 9.78 Å². The molecule has 0 aliphatic heterocycles. The molecule has 0 saturated heterocycles. The smallest absolute Gasteiger partial charge is 0.252 e. The predicted octanol–water partition coefficient (Wildman–Crippen LogP) is 0.0568. The minimum Gasteiger partial charge on any atom is -0.365 e. The summed E-state index contributed by atoms with van der Waals surface area (Å²) in [7, 11) is 0. The highest BCUT2D eigenvalue weighted by atomic mass is 16.1. The van der Waals surface area contributed by atoms with Crippen molar-refractivity contribution in [1.29, 1.82) is 0 Å². The molecule has 0 atom stereocenters. The Balaban J connectivity index is 2.82. The molecule has 0 unspecified atom stereocenters. The van der Waals surface area contributed by atoms with E-state index < -0.39 is 5.91 Å². The number of hydrogen-bond acceptors (Lipinski definition) is 3. The van der Waals surface area contributed by atoms with Crippen LogP contribution in [0.2, 0.25) is 0 Å². The van der Waals surface area contributed by atoms with Gasteiger partial charge in [0.2, 0.25) is 0 Å². The Hall–Kier alpha value is -1.91. The summed E-state index contributed by atoms with van der Waals surface area (Å²) < 4.78 is 0. The lowest BCUT2D eigenvalue weighted by Crippen LogP contribution is -2.11. The number of aromatic amines is 1. The maximum atomic E-state index is 10.8. The molecule has 0 aliphatic carbocycles. The van der Waals surface area contributed by atoms with Gasteiger partial charge < -0.3 is 10.7 Å². The van der Waals surface area contributed by atoms with Crippen molar-refractivity contribution in [2.45, 2.75) is 0 Å². The van der Waals surface area contributed by atoms with Crippen LogP contribution in [-0.2, 0) is 0 Å². The molecule has 0 aliphatic rings. The van der Waals surface area contributed by atoms with E-state index in [9.17, 15) is 4.79 Å². The van der Waals surface area contributed by atoms with Crippen LogP contribution in [0.3, 0.4) is 0 Å². The van der Waals surface area contributed by atoms with Crippen LogP contribution >= 0.6 is 0 Å². The van der Waals surface area contributed by atoms with Gasteiger partial charge in [0.25, 0.3) is 5.91 Å². The van der Waals surface area contributed by atoms with Crippen molar-refractivity contribution in [3.8, 4) is 0 Å². The van der Waals surface area contributed by atoms with Crippen molar-refractivity contribution in [3.05, 3.63) is 24.3 Å². The number of amides is 1. The lowest BCUT2D eigenvalue weighted by Gasteiger charge is -1.94. The third-order valence-corrected chi connectivity index (χ3v) is 1.60. The van der Waals surface area contributed by atoms with E-state index >= 15 is 0 Å². The second-order valence-electron chi connectivity index (χ2n) is 2.35. The maximum absolute atomic E-state index is 10.8. The van der Waals surface area contributed by atoms with Gasteiger partial charge in [0, 0.05) is 6.20 Å². The number of fused-ring (bicyclic) bond motifs is 1. The van der Waals surface area contributed by atoms with Crippen LogP contribution in [0.1, 0.15) is 10.4 Å². The van der Waals surface area contributed by atoms with Crippen molar-refractivity contribution >= 4 is 16.9 Å². The molecule has 5 heteroatoms. The molecule has 2 rings (SSSR count). The van der Waals surface area contributed by atoms with Crippen LogP contribution in [-0.4, -0.2) is 20.9 Å². The quantitative estimate of drug-likeness (QED) is 0.621. The normalized spacial score (nSPS) is 10.3. The van der Waals surface area contributed by atoms with Crippen LogP contribution < -0.4 is 5.73 Å². The summed E-state index contributed by atoms with van der Waals surface area (Å²) in [6.07, 6.45) is 4.49. The number of imidazole rings is 1. The number of nitrogens with two attached hydrogens (primary N) is 1. The SMILES string of the molecule is NC(=O)c1cncc2nc[nH]c12. The van der Waals surface area contributed by atoms with E-state index in [-0.39, 0.29) is 0 Å². The Labute approximate surface area is 67.6 Å². The third-order valence-electron chi connectivity index (χ3n) is 1.60. The molecule has 5 nitrogen and oxygen atoms in total. The first-order chi connectivity index (χ1) is 5.79. The van der Waals surface area contributed by atoms with Crippen LogP contribution in [0.5, 0.6) is 0 Å². The van der Waals surface area contributed by atoms with E-state index in [1.807, 2.05) is 0 Å². The largest absolute Gasteiger partial charge is 0.365 e. The van der Waals surface area contributed by atoms with Crippen LogP contribution in [0.25, 0.3) is 11.0 Å². The fourth-order valence-electron chi connectivity index (χ4n) is 1.05. The monoisotopic (exact) mass is 162 g/mol. The first-order valence-corrected chi connectivity index (χ1v) is 3.36. The molecule has 3 N–H and O–H groups in total. The summed E-state index contributed by atoms with van der Waals surface area (Å²) in [4.78, 5) is 21.4. The highest BCUT2D eigenvalue weighted by Gasteiger charge is 2.07. The summed E-state index contributed by atoms with van der Waals surface area (Å²) in [6, 6.07) is 0. The number of nitrogens with one attached hydrogen (secondary N) is 1. The molecule has 0 aromatic carbocycles. The van der Waals surface area contributed by atoms with Gasteiger partial charge in [-0.2, -0.15) is 0 Å². The van der Waals surface area contributed by atoms with Gasteiger partial charge in [0.1, 0.15) is 5.52 Å². The predicted molar refractivity (Wildman–Crippen MR) is 42.4 cm³/mol. The van der Waals surface area contributed by atoms with E-state index in [0.717, 1.165) is 0 Å². The van der Waals surface area contributed by atoms with E-state index in [1.54, 1.807) is 6.20 Å². The molecule has 12 heavy (non-hydrogen) atoms. The van der Waals surface area contributed by atoms with E-state index in [1.165, 1.54) is 12.5 Å². The van der Waals surface area contributed by atoms with Gasteiger partial charge in [0.05, 0.1) is 23.6 Å². The summed E-state index contributed by atoms with van der Waals surface area (Å²) in [5, 5.41) is 0. The minimum absolute atomic E-state index is 0.366. The number of aromatic nitrogens is 3. The number of rotatable bonds is 1. The van der Waals surface area contributed by atoms with Gasteiger partial charge in [0.15, 0.2) is 0 Å². The molecule has 0 fully saturated rings. The first kappa shape index (κ1) is 6.78. The molecular formula is C7H6N4O. The summed E-state index contributed by atoms with van der Waals surface area (Å²) >= 11 is 0. The third kappa shape index (κ3) is 0.833. The van der Waals surface area contributed by atoms with Crippen molar-refractivity contribution in [2.75, 3.05) is 0 Å². The molecule has 2 aromatic rings. The highest BCUT2D eigenvalue weighted by Crippen LogP contribution is 2.11. The molecule has 2 aromatic heterocycles. The number of carbonyl (C=O) groups is 1. The van der Waals surface area contributed by atoms with E-state index in [4.69, 9.17) is 5.73 Å². The van der Waals surface area contributed by atoms with E-state index in [0.29, 0.717) is 16.6 Å². The molecule has 0 spiro atoms. The van der Waals surface area contributed by atoms with Gasteiger partial charge in [-0.1, -0.05) is 0 Å². The summed E-state index contributed by atoms with van der Waals surface area (Å²) in [6.45, 7) is 0. The average Bonchev–Trinajstić information content (AvgIpc) is 2.49. The Morgan fingerprint density at radius 2 is 2.33 bits per heavy atom. The number of carbonyl (C=O) groups excluding carboxylic acids is 1. The molecule has 1 amide bonds. The van der Waals surface area contributed by atoms with Gasteiger partial charge in [-0.15, -0.1) is 0 Å². The van der Waals surface area contributed by atoms with Gasteiger partial charge in [-0.05, 0) is 0 Å². The number of H-pyrrole nitrogens is 1. The molecule has 2 heterocycles. The second kappa shape index (κ2) is 2.30. The molecular weight excluding hydrogens is 156 g/mol. The van der Waals surface area contributed by atoms with Crippen molar-refractivity contribution in [1.82, 2.24) is 15.0 Å². The molecule has 0 bridgehead atoms. The van der Waals surface area contributed by atoms with E-state index in [2.05, 4.69) is 15.0 Å². The number of nitrogens with zero attached hydrogens (tertiary/aromatic N) is 2. The highest BCUT2D eigenvalue weighted by molar-refractivity contribution is 6.03. The Morgan fingerprint density at radius 3 is 3.08 bits per heavy atom. The molecule has 0 radical (unpaired) electrons. The standard InChI is InChI=1S/C7H6N4O/c8-7(12)4-1-9-2-5-6(4)11-3-10-5/h1-3H,(H2,8,12)(H,10,11). The zero-order valence-electron chi connectivity index (χ0n) is 6.11. The fourth-order valence-corrected chi connectivity index (χ4v) is 1.05. The molecule has 60 valence electrons. The summed E-state index contributed by atoms with van der Waals surface area (Å²) in [5.74, 6) is -0.502. The average molecular weight is 162 g/mol. The maximum Gasteiger partial charge on any atom is 0.252 e. The number of primary amides is 1. The van der Waals surface area contributed by atoms with Crippen molar-refractivity contribution < 1.29 is 4.79 Å². The number of pyridine rings is 1. The van der Waals surface area contributed by atoms with Crippen LogP contribution in [0.4, 0.5) is 0 Å². The Morgan fingerprint density at radius 1 is 1.50 bits per heavy atom. The second-order valence-corrected chi connectivity index (χ2v) is 2.35. The zero-order valence-corrected chi connectivity index (χ0v) is 6.11. The van der Waals surface area contributed by atoms with Crippen LogP contribution in [0.15, 0.2) is 18.7 Å². The minimum atomic E-state index is -0.502. The van der Waals surface area contributed by atoms with Crippen molar-refractivity contribution in [2.24, 2.45) is 5.73 Å². The van der Waals surface area contributed by atoms with Crippen LogP contribution in [0, 0.1) is 0 Å². The van der Waals surface area contributed by atoms with Gasteiger partial charge >= 0.3 is 0 Å². The lowest BCUT2D eigenvalue weighted by molar-refractivity contribution is 0.100. The summed E-state index contributed by atoms with van der Waals surface area (Å²) in [5.41, 5.74) is 6.76.